The molecule has 4 heterocycles. The molecule has 3 atom stereocenters. The smallest absolute Gasteiger partial charge is 0.250 e. The monoisotopic (exact) mass is 421 g/mol. The van der Waals surface area contributed by atoms with E-state index in [0.29, 0.717) is 29.8 Å². The number of piperidine rings is 1. The van der Waals surface area contributed by atoms with Gasteiger partial charge in [-0.25, -0.2) is 9.37 Å². The Morgan fingerprint density at radius 3 is 2.81 bits per heavy atom. The number of rotatable bonds is 5. The van der Waals surface area contributed by atoms with Crippen molar-refractivity contribution in [3.63, 3.8) is 0 Å². The Balaban J connectivity index is 1.42. The highest BCUT2D eigenvalue weighted by atomic mass is 19.1. The van der Waals surface area contributed by atoms with E-state index < -0.39 is 0 Å². The zero-order valence-electron chi connectivity index (χ0n) is 18.1. The topological polar surface area (TPSA) is 51.3 Å². The fourth-order valence-electron chi connectivity index (χ4n) is 5.47. The SMILES string of the molecule is CCC[C@H]1[C@H]2C[C@H](CN(Cc3nc(-c4ccccc4F)oc3C)C2)c2cccc(=O)n21. The highest BCUT2D eigenvalue weighted by Crippen LogP contribution is 2.43. The highest BCUT2D eigenvalue weighted by molar-refractivity contribution is 5.54. The second kappa shape index (κ2) is 8.08. The lowest BCUT2D eigenvalue weighted by Crippen LogP contribution is -2.49. The van der Waals surface area contributed by atoms with Crippen LogP contribution in [0.25, 0.3) is 11.5 Å². The van der Waals surface area contributed by atoms with Crippen LogP contribution in [0, 0.1) is 18.7 Å². The van der Waals surface area contributed by atoms with Crippen LogP contribution in [-0.2, 0) is 6.54 Å². The number of hydrogen-bond acceptors (Lipinski definition) is 4. The Morgan fingerprint density at radius 1 is 1.16 bits per heavy atom. The normalized spacial score (nSPS) is 23.0. The molecule has 5 nitrogen and oxygen atoms in total. The van der Waals surface area contributed by atoms with Crippen molar-refractivity contribution in [3.8, 4) is 11.5 Å². The molecule has 2 bridgehead atoms. The summed E-state index contributed by atoms with van der Waals surface area (Å²) < 4.78 is 22.1. The minimum absolute atomic E-state index is 0.126. The largest absolute Gasteiger partial charge is 0.441 e. The van der Waals surface area contributed by atoms with Gasteiger partial charge < -0.3 is 8.98 Å². The van der Waals surface area contributed by atoms with Gasteiger partial charge in [-0.15, -0.1) is 0 Å². The maximum Gasteiger partial charge on any atom is 0.250 e. The first-order valence-electron chi connectivity index (χ1n) is 11.2. The molecule has 0 N–H and O–H groups in total. The number of oxazole rings is 1. The molecule has 2 aromatic heterocycles. The second-order valence-electron chi connectivity index (χ2n) is 8.90. The molecule has 2 aliphatic heterocycles. The third-order valence-corrected chi connectivity index (χ3v) is 6.83. The molecule has 0 unspecified atom stereocenters. The van der Waals surface area contributed by atoms with Crippen molar-refractivity contribution in [1.29, 1.82) is 0 Å². The summed E-state index contributed by atoms with van der Waals surface area (Å²) in [6, 6.07) is 12.5. The van der Waals surface area contributed by atoms with Crippen molar-refractivity contribution in [2.75, 3.05) is 13.1 Å². The van der Waals surface area contributed by atoms with E-state index in [1.807, 2.05) is 13.0 Å². The van der Waals surface area contributed by atoms with Crippen LogP contribution in [0.3, 0.4) is 0 Å². The average molecular weight is 422 g/mol. The van der Waals surface area contributed by atoms with Crippen LogP contribution in [0.4, 0.5) is 4.39 Å². The van der Waals surface area contributed by atoms with Crippen LogP contribution in [0.15, 0.2) is 51.7 Å². The first-order valence-corrected chi connectivity index (χ1v) is 11.2. The highest BCUT2D eigenvalue weighted by Gasteiger charge is 2.40. The minimum atomic E-state index is -0.327. The predicted molar refractivity (Wildman–Crippen MR) is 117 cm³/mol. The molecule has 5 rings (SSSR count). The molecule has 1 saturated heterocycles. The summed E-state index contributed by atoms with van der Waals surface area (Å²) in [7, 11) is 0. The van der Waals surface area contributed by atoms with Crippen molar-refractivity contribution in [1.82, 2.24) is 14.5 Å². The van der Waals surface area contributed by atoms with E-state index in [-0.39, 0.29) is 17.4 Å². The van der Waals surface area contributed by atoms with Gasteiger partial charge in [0.15, 0.2) is 0 Å². The molecule has 1 aromatic carbocycles. The molecule has 0 saturated carbocycles. The van der Waals surface area contributed by atoms with Crippen LogP contribution in [0.5, 0.6) is 0 Å². The molecule has 0 spiro atoms. The summed E-state index contributed by atoms with van der Waals surface area (Å²) >= 11 is 0. The van der Waals surface area contributed by atoms with E-state index in [4.69, 9.17) is 4.42 Å². The van der Waals surface area contributed by atoms with Gasteiger partial charge in [-0.2, -0.15) is 0 Å². The Morgan fingerprint density at radius 2 is 2.00 bits per heavy atom. The number of nitrogens with zero attached hydrogens (tertiary/aromatic N) is 3. The molecular weight excluding hydrogens is 393 g/mol. The van der Waals surface area contributed by atoms with Crippen molar-refractivity contribution in [2.45, 2.75) is 51.6 Å². The van der Waals surface area contributed by atoms with E-state index >= 15 is 0 Å². The van der Waals surface area contributed by atoms with Gasteiger partial charge in [0.25, 0.3) is 5.56 Å². The average Bonchev–Trinajstić information content (AvgIpc) is 3.11. The molecule has 0 aliphatic carbocycles. The quantitative estimate of drug-likeness (QED) is 0.587. The summed E-state index contributed by atoms with van der Waals surface area (Å²) in [6.45, 7) is 6.58. The third kappa shape index (κ3) is 3.63. The van der Waals surface area contributed by atoms with Gasteiger partial charge in [-0.05, 0) is 43.9 Å². The second-order valence-corrected chi connectivity index (χ2v) is 8.90. The zero-order valence-corrected chi connectivity index (χ0v) is 18.1. The van der Waals surface area contributed by atoms with Crippen molar-refractivity contribution in [2.24, 2.45) is 5.92 Å². The third-order valence-electron chi connectivity index (χ3n) is 6.83. The molecule has 2 aliphatic rings. The lowest BCUT2D eigenvalue weighted by atomic mass is 9.77. The Hall–Kier alpha value is -2.73. The number of aryl methyl sites for hydroxylation is 1. The number of hydrogen-bond donors (Lipinski definition) is 0. The van der Waals surface area contributed by atoms with Gasteiger partial charge in [-0.1, -0.05) is 31.5 Å². The van der Waals surface area contributed by atoms with E-state index in [9.17, 15) is 9.18 Å². The fourth-order valence-corrected chi connectivity index (χ4v) is 5.47. The first-order chi connectivity index (χ1) is 15.0. The number of likely N-dealkylation sites (tertiary alicyclic amines) is 1. The summed E-state index contributed by atoms with van der Waals surface area (Å²) in [4.78, 5) is 19.7. The van der Waals surface area contributed by atoms with E-state index in [0.717, 1.165) is 49.5 Å². The Kier molecular flexibility index (Phi) is 5.26. The molecule has 0 amide bonds. The number of pyridine rings is 1. The number of benzene rings is 1. The standard InChI is InChI=1S/C25H28FN3O2/c1-3-7-22-17-12-18(23-10-6-11-24(30)29(22)23)14-28(13-17)15-21-16(2)31-25(27-21)19-8-4-5-9-20(19)26/h4-6,8-11,17-18,22H,3,7,12-15H2,1-2H3/t17-,18+,22-/m0/s1. The van der Waals surface area contributed by atoms with Crippen molar-refractivity contribution in [3.05, 3.63) is 75.8 Å². The zero-order chi connectivity index (χ0) is 21.5. The number of halogens is 1. The van der Waals surface area contributed by atoms with Crippen LogP contribution >= 0.6 is 0 Å². The van der Waals surface area contributed by atoms with Gasteiger partial charge in [0.1, 0.15) is 11.6 Å². The van der Waals surface area contributed by atoms with Gasteiger partial charge in [0.2, 0.25) is 5.89 Å². The van der Waals surface area contributed by atoms with E-state index in [1.54, 1.807) is 24.3 Å². The summed E-state index contributed by atoms with van der Waals surface area (Å²) in [6.07, 6.45) is 3.20. The lowest BCUT2D eigenvalue weighted by molar-refractivity contribution is 0.0807. The van der Waals surface area contributed by atoms with Gasteiger partial charge in [0, 0.05) is 43.4 Å². The van der Waals surface area contributed by atoms with Crippen LogP contribution in [-0.4, -0.2) is 27.5 Å². The molecule has 0 radical (unpaired) electrons. The summed E-state index contributed by atoms with van der Waals surface area (Å²) in [5.41, 5.74) is 2.54. The number of aromatic nitrogens is 2. The van der Waals surface area contributed by atoms with Crippen LogP contribution < -0.4 is 5.56 Å². The van der Waals surface area contributed by atoms with E-state index in [2.05, 4.69) is 27.4 Å². The van der Waals surface area contributed by atoms with Gasteiger partial charge in [0.05, 0.1) is 11.3 Å². The maximum absolute atomic E-state index is 14.2. The maximum atomic E-state index is 14.2. The molecular formula is C25H28FN3O2. The predicted octanol–water partition coefficient (Wildman–Crippen LogP) is 4.91. The Bertz CT molecular complexity index is 1150. The van der Waals surface area contributed by atoms with Gasteiger partial charge >= 0.3 is 0 Å². The molecule has 6 heteroatoms. The molecule has 3 aromatic rings. The lowest BCUT2D eigenvalue weighted by Gasteiger charge is -2.47. The van der Waals surface area contributed by atoms with Gasteiger partial charge in [-0.3, -0.25) is 9.69 Å². The summed E-state index contributed by atoms with van der Waals surface area (Å²) in [5, 5.41) is 0. The van der Waals surface area contributed by atoms with Crippen LogP contribution in [0.2, 0.25) is 0 Å². The summed E-state index contributed by atoms with van der Waals surface area (Å²) in [5.74, 6) is 1.54. The van der Waals surface area contributed by atoms with Crippen molar-refractivity contribution >= 4 is 0 Å². The fraction of sp³-hybridized carbons (Fsp3) is 0.440. The molecule has 1 fully saturated rings. The molecule has 162 valence electrons. The molecule has 31 heavy (non-hydrogen) atoms. The van der Waals surface area contributed by atoms with Crippen molar-refractivity contribution < 1.29 is 8.81 Å². The Labute approximate surface area is 181 Å². The minimum Gasteiger partial charge on any atom is -0.441 e. The van der Waals surface area contributed by atoms with E-state index in [1.165, 1.54) is 6.07 Å². The van der Waals surface area contributed by atoms with Crippen LogP contribution in [0.1, 0.15) is 55.3 Å². The first kappa shape index (κ1) is 20.2. The number of fused-ring (bicyclic) bond motifs is 4.